The van der Waals surface area contributed by atoms with Crippen molar-refractivity contribution in [3.8, 4) is 33.6 Å². The van der Waals surface area contributed by atoms with Crippen LogP contribution in [0.2, 0.25) is 0 Å². The zero-order valence-electron chi connectivity index (χ0n) is 24.4. The number of hydrogen-bond donors (Lipinski definition) is 0. The molecule has 0 spiro atoms. The number of benzene rings is 5. The van der Waals surface area contributed by atoms with E-state index in [1.54, 1.807) is 0 Å². The van der Waals surface area contributed by atoms with Crippen LogP contribution < -0.4 is 0 Å². The van der Waals surface area contributed by atoms with Crippen LogP contribution in [0.25, 0.3) is 77.2 Å². The second-order valence-corrected chi connectivity index (χ2v) is 11.9. The number of fused-ring (bicyclic) bond motifs is 10. The van der Waals surface area contributed by atoms with E-state index in [0.29, 0.717) is 0 Å². The fraction of sp³-hybridized carbons (Fsp3) is 0.0244. The highest BCUT2D eigenvalue weighted by atomic mass is 15.0. The van der Waals surface area contributed by atoms with E-state index in [4.69, 9.17) is 0 Å². The van der Waals surface area contributed by atoms with Gasteiger partial charge in [-0.05, 0) is 88.3 Å². The summed E-state index contributed by atoms with van der Waals surface area (Å²) in [6, 6.07) is 44.3. The van der Waals surface area contributed by atoms with Gasteiger partial charge in [0.15, 0.2) is 0 Å². The van der Waals surface area contributed by atoms with Crippen LogP contribution in [-0.4, -0.2) is 19.1 Å². The van der Waals surface area contributed by atoms with Gasteiger partial charge in [-0.2, -0.15) is 0 Å². The molecule has 0 saturated carbocycles. The quantitative estimate of drug-likeness (QED) is 0.211. The maximum absolute atomic E-state index is 4.36. The number of pyridine rings is 2. The summed E-state index contributed by atoms with van der Waals surface area (Å²) in [7, 11) is 0. The highest BCUT2D eigenvalue weighted by Gasteiger charge is 2.24. The van der Waals surface area contributed by atoms with Gasteiger partial charge in [-0.15, -0.1) is 0 Å². The van der Waals surface area contributed by atoms with Crippen molar-refractivity contribution in [1.29, 1.82) is 0 Å². The third kappa shape index (κ3) is 3.48. The summed E-state index contributed by atoms with van der Waals surface area (Å²) >= 11 is 0. The van der Waals surface area contributed by atoms with Crippen molar-refractivity contribution in [3.63, 3.8) is 0 Å². The Morgan fingerprint density at radius 2 is 1.02 bits per heavy atom. The fourth-order valence-electron chi connectivity index (χ4n) is 7.57. The van der Waals surface area contributed by atoms with E-state index in [1.165, 1.54) is 60.9 Å². The molecular weight excluding hydrogens is 548 g/mol. The molecular formula is C41H26N4. The minimum atomic E-state index is 0.980. The summed E-state index contributed by atoms with van der Waals surface area (Å²) in [5.74, 6) is 0. The van der Waals surface area contributed by atoms with E-state index in [-0.39, 0.29) is 0 Å². The van der Waals surface area contributed by atoms with Crippen molar-refractivity contribution < 1.29 is 0 Å². The maximum Gasteiger partial charge on any atom is 0.0572 e. The molecule has 0 saturated heterocycles. The summed E-state index contributed by atoms with van der Waals surface area (Å²) < 4.78 is 4.71. The molecule has 210 valence electrons. The van der Waals surface area contributed by atoms with E-state index in [9.17, 15) is 0 Å². The van der Waals surface area contributed by atoms with Crippen LogP contribution >= 0.6 is 0 Å². The third-order valence-corrected chi connectivity index (χ3v) is 9.57. The first-order valence-electron chi connectivity index (χ1n) is 15.4. The number of hydrogen-bond acceptors (Lipinski definition) is 2. The zero-order chi connectivity index (χ0) is 29.5. The molecule has 0 atom stereocenters. The van der Waals surface area contributed by atoms with Crippen LogP contribution in [0.4, 0.5) is 0 Å². The molecule has 1 aliphatic carbocycles. The predicted molar refractivity (Wildman–Crippen MR) is 184 cm³/mol. The average molecular weight is 575 g/mol. The van der Waals surface area contributed by atoms with Gasteiger partial charge in [0.25, 0.3) is 0 Å². The first-order chi connectivity index (χ1) is 22.3. The Hall–Kier alpha value is -6.00. The topological polar surface area (TPSA) is 35.6 Å². The van der Waals surface area contributed by atoms with E-state index in [2.05, 4.69) is 140 Å². The van der Waals surface area contributed by atoms with Gasteiger partial charge >= 0.3 is 0 Å². The molecule has 5 aromatic carbocycles. The highest BCUT2D eigenvalue weighted by Crippen LogP contribution is 2.44. The van der Waals surface area contributed by atoms with Gasteiger partial charge in [0.05, 0.1) is 22.1 Å². The van der Waals surface area contributed by atoms with Crippen LogP contribution in [0.1, 0.15) is 11.1 Å². The summed E-state index contributed by atoms with van der Waals surface area (Å²) in [5, 5.41) is 4.91. The van der Waals surface area contributed by atoms with Crippen molar-refractivity contribution in [2.45, 2.75) is 6.42 Å². The van der Waals surface area contributed by atoms with Gasteiger partial charge in [-0.1, -0.05) is 72.8 Å². The minimum absolute atomic E-state index is 0.980. The van der Waals surface area contributed by atoms with Crippen LogP contribution in [0.3, 0.4) is 0 Å². The van der Waals surface area contributed by atoms with Gasteiger partial charge in [0.1, 0.15) is 0 Å². The lowest BCUT2D eigenvalue weighted by atomic mass is 10.0. The Balaban J connectivity index is 1.05. The van der Waals surface area contributed by atoms with Crippen molar-refractivity contribution >= 4 is 43.6 Å². The predicted octanol–water partition coefficient (Wildman–Crippen LogP) is 9.91. The average Bonchev–Trinajstić information content (AvgIpc) is 3.76. The zero-order valence-corrected chi connectivity index (χ0v) is 24.4. The molecule has 4 heteroatoms. The number of para-hydroxylation sites is 1. The largest absolute Gasteiger partial charge is 0.309 e. The van der Waals surface area contributed by atoms with Gasteiger partial charge < -0.3 is 9.13 Å². The van der Waals surface area contributed by atoms with Crippen molar-refractivity contribution in [2.24, 2.45) is 0 Å². The van der Waals surface area contributed by atoms with Crippen LogP contribution in [0.5, 0.6) is 0 Å². The van der Waals surface area contributed by atoms with Gasteiger partial charge in [-0.25, -0.2) is 0 Å². The molecule has 9 aromatic rings. The molecule has 4 heterocycles. The highest BCUT2D eigenvalue weighted by molar-refractivity contribution is 6.13. The SMILES string of the molecule is c1ccc2c(c1)Cc1c-2ccc2c1c1ccccc1n2-c1ccc(-c2ccc(-n3c4ccncc4c4cnccc43)cc2)cc1. The summed E-state index contributed by atoms with van der Waals surface area (Å²) in [6.45, 7) is 0. The molecule has 0 unspecified atom stereocenters. The summed E-state index contributed by atoms with van der Waals surface area (Å²) in [6.07, 6.45) is 8.54. The minimum Gasteiger partial charge on any atom is -0.309 e. The standard InChI is InChI=1S/C41H26N4/c1-2-6-31-28(5-1)23-34-32(31)17-18-40-41(34)33-7-3-4-8-37(33)45(40)30-15-11-27(12-16-30)26-9-13-29(14-10-26)44-38-19-21-42-24-35(38)36-25-43-22-20-39(36)44/h1-22,24-25H,23H2. The third-order valence-electron chi connectivity index (χ3n) is 9.57. The second kappa shape index (κ2) is 9.25. The Labute approximate surface area is 259 Å². The maximum atomic E-state index is 4.36. The van der Waals surface area contributed by atoms with E-state index in [1.807, 2.05) is 24.8 Å². The summed E-state index contributed by atoms with van der Waals surface area (Å²) in [4.78, 5) is 8.73. The van der Waals surface area contributed by atoms with Crippen molar-refractivity contribution in [2.75, 3.05) is 0 Å². The molecule has 0 N–H and O–H groups in total. The van der Waals surface area contributed by atoms with Gasteiger partial charge in [0, 0.05) is 57.7 Å². The molecule has 4 nitrogen and oxygen atoms in total. The fourth-order valence-corrected chi connectivity index (χ4v) is 7.57. The normalized spacial score (nSPS) is 12.4. The first-order valence-corrected chi connectivity index (χ1v) is 15.4. The lowest BCUT2D eigenvalue weighted by Crippen LogP contribution is -1.95. The number of nitrogens with zero attached hydrogens (tertiary/aromatic N) is 4. The lowest BCUT2D eigenvalue weighted by Gasteiger charge is -2.11. The molecule has 10 rings (SSSR count). The number of aromatic nitrogens is 4. The Morgan fingerprint density at radius 1 is 0.444 bits per heavy atom. The molecule has 0 radical (unpaired) electrons. The van der Waals surface area contributed by atoms with Gasteiger partial charge in [0.2, 0.25) is 0 Å². The van der Waals surface area contributed by atoms with Gasteiger partial charge in [-0.3, -0.25) is 9.97 Å². The van der Waals surface area contributed by atoms with E-state index < -0.39 is 0 Å². The monoisotopic (exact) mass is 574 g/mol. The molecule has 0 amide bonds. The van der Waals surface area contributed by atoms with Crippen LogP contribution in [0, 0.1) is 0 Å². The molecule has 4 aromatic heterocycles. The molecule has 0 fully saturated rings. The lowest BCUT2D eigenvalue weighted by molar-refractivity contribution is 1.17. The molecule has 45 heavy (non-hydrogen) atoms. The molecule has 0 aliphatic heterocycles. The van der Waals surface area contributed by atoms with E-state index in [0.717, 1.165) is 33.9 Å². The summed E-state index contributed by atoms with van der Waals surface area (Å²) in [5.41, 5.74) is 15.0. The second-order valence-electron chi connectivity index (χ2n) is 11.9. The van der Waals surface area contributed by atoms with Crippen LogP contribution in [0.15, 0.2) is 146 Å². The molecule has 1 aliphatic rings. The first kappa shape index (κ1) is 24.4. The van der Waals surface area contributed by atoms with Crippen molar-refractivity contribution in [3.05, 3.63) is 157 Å². The number of rotatable bonds is 3. The molecule has 0 bridgehead atoms. The smallest absolute Gasteiger partial charge is 0.0572 e. The Morgan fingerprint density at radius 3 is 1.71 bits per heavy atom. The van der Waals surface area contributed by atoms with Crippen molar-refractivity contribution in [1.82, 2.24) is 19.1 Å². The van der Waals surface area contributed by atoms with Crippen LogP contribution in [-0.2, 0) is 6.42 Å². The Kier molecular flexibility index (Phi) is 5.02. The van der Waals surface area contributed by atoms with E-state index >= 15 is 0 Å². The Bertz CT molecular complexity index is 2550.